The number of nitrogens with zero attached hydrogens (tertiary/aromatic N) is 1. The number of ketones is 1. The summed E-state index contributed by atoms with van der Waals surface area (Å²) in [7, 11) is 0. The van der Waals surface area contributed by atoms with Crippen molar-refractivity contribution in [1.29, 1.82) is 0 Å². The summed E-state index contributed by atoms with van der Waals surface area (Å²) in [6.45, 7) is 6.23. The van der Waals surface area contributed by atoms with Crippen molar-refractivity contribution < 1.29 is 4.79 Å². The van der Waals surface area contributed by atoms with Crippen molar-refractivity contribution in [1.82, 2.24) is 4.98 Å². The normalized spacial score (nSPS) is 11.7. The molecule has 0 atom stereocenters. The monoisotopic (exact) mass is 227 g/mol. The van der Waals surface area contributed by atoms with E-state index in [-0.39, 0.29) is 11.2 Å². The standard InChI is InChI=1S/C15H17NO/c1-15(2,3)10-14(17)12-6-4-8-13-11(12)7-5-9-16-13/h4-9H,10H2,1-3H3. The topological polar surface area (TPSA) is 30.0 Å². The molecule has 0 N–H and O–H groups in total. The highest BCUT2D eigenvalue weighted by Crippen LogP contribution is 2.24. The van der Waals surface area contributed by atoms with Gasteiger partial charge < -0.3 is 0 Å². The fourth-order valence-corrected chi connectivity index (χ4v) is 1.92. The van der Waals surface area contributed by atoms with E-state index >= 15 is 0 Å². The summed E-state index contributed by atoms with van der Waals surface area (Å²) in [6.07, 6.45) is 2.31. The van der Waals surface area contributed by atoms with Crippen LogP contribution in [0.3, 0.4) is 0 Å². The molecule has 0 fully saturated rings. The van der Waals surface area contributed by atoms with E-state index in [9.17, 15) is 4.79 Å². The van der Waals surface area contributed by atoms with Crippen LogP contribution in [0.5, 0.6) is 0 Å². The molecule has 2 rings (SSSR count). The first-order valence-corrected chi connectivity index (χ1v) is 5.84. The van der Waals surface area contributed by atoms with Crippen LogP contribution in [0, 0.1) is 5.41 Å². The molecule has 2 aromatic rings. The Morgan fingerprint density at radius 1 is 1.18 bits per heavy atom. The third-order valence-electron chi connectivity index (χ3n) is 2.64. The van der Waals surface area contributed by atoms with E-state index < -0.39 is 0 Å². The minimum atomic E-state index is 0.0153. The first-order chi connectivity index (χ1) is 7.97. The molecule has 0 radical (unpaired) electrons. The third kappa shape index (κ3) is 2.70. The van der Waals surface area contributed by atoms with Gasteiger partial charge in [0.25, 0.3) is 0 Å². The van der Waals surface area contributed by atoms with Crippen LogP contribution in [0.1, 0.15) is 37.6 Å². The summed E-state index contributed by atoms with van der Waals surface area (Å²) in [4.78, 5) is 16.5. The van der Waals surface area contributed by atoms with Crippen LogP contribution in [-0.4, -0.2) is 10.8 Å². The van der Waals surface area contributed by atoms with Gasteiger partial charge in [-0.25, -0.2) is 0 Å². The Kier molecular flexibility index (Phi) is 2.97. The van der Waals surface area contributed by atoms with Crippen LogP contribution < -0.4 is 0 Å². The fourth-order valence-electron chi connectivity index (χ4n) is 1.92. The summed E-state index contributed by atoms with van der Waals surface area (Å²) in [5, 5.41) is 0.948. The van der Waals surface area contributed by atoms with Crippen LogP contribution in [0.15, 0.2) is 36.5 Å². The molecular weight excluding hydrogens is 210 g/mol. The maximum Gasteiger partial charge on any atom is 0.164 e. The maximum absolute atomic E-state index is 12.2. The van der Waals surface area contributed by atoms with Gasteiger partial charge >= 0.3 is 0 Å². The molecule has 1 heterocycles. The minimum Gasteiger partial charge on any atom is -0.294 e. The maximum atomic E-state index is 12.2. The first kappa shape index (κ1) is 11.8. The van der Waals surface area contributed by atoms with Crippen molar-refractivity contribution in [3.05, 3.63) is 42.1 Å². The number of fused-ring (bicyclic) bond motifs is 1. The molecule has 17 heavy (non-hydrogen) atoms. The largest absolute Gasteiger partial charge is 0.294 e. The van der Waals surface area contributed by atoms with Gasteiger partial charge in [0.2, 0.25) is 0 Å². The first-order valence-electron chi connectivity index (χ1n) is 5.84. The summed E-state index contributed by atoms with van der Waals surface area (Å²) >= 11 is 0. The van der Waals surface area contributed by atoms with Crippen LogP contribution in [-0.2, 0) is 0 Å². The van der Waals surface area contributed by atoms with Crippen LogP contribution in [0.4, 0.5) is 0 Å². The lowest BCUT2D eigenvalue weighted by Crippen LogP contribution is -2.13. The number of carbonyl (C=O) groups is 1. The zero-order chi connectivity index (χ0) is 12.5. The van der Waals surface area contributed by atoms with E-state index in [2.05, 4.69) is 25.8 Å². The molecule has 1 aromatic carbocycles. The highest BCUT2D eigenvalue weighted by molar-refractivity contribution is 6.07. The minimum absolute atomic E-state index is 0.0153. The Labute approximate surface area is 102 Å². The second kappa shape index (κ2) is 4.28. The van der Waals surface area contributed by atoms with Crippen molar-refractivity contribution in [2.24, 2.45) is 5.41 Å². The Morgan fingerprint density at radius 2 is 1.94 bits per heavy atom. The number of pyridine rings is 1. The van der Waals surface area contributed by atoms with Crippen molar-refractivity contribution >= 4 is 16.7 Å². The number of hydrogen-bond acceptors (Lipinski definition) is 2. The molecule has 0 aliphatic rings. The summed E-state index contributed by atoms with van der Waals surface area (Å²) in [6, 6.07) is 9.54. The molecule has 0 unspecified atom stereocenters. The molecular formula is C15H17NO. The van der Waals surface area contributed by atoms with Crippen LogP contribution in [0.2, 0.25) is 0 Å². The van der Waals surface area contributed by atoms with E-state index in [1.54, 1.807) is 6.20 Å². The Hall–Kier alpha value is -1.70. The van der Waals surface area contributed by atoms with Crippen molar-refractivity contribution in [3.8, 4) is 0 Å². The van der Waals surface area contributed by atoms with E-state index in [0.717, 1.165) is 16.5 Å². The fraction of sp³-hybridized carbons (Fsp3) is 0.333. The molecule has 0 spiro atoms. The second-order valence-electron chi connectivity index (χ2n) is 5.54. The molecule has 0 amide bonds. The quantitative estimate of drug-likeness (QED) is 0.729. The molecule has 0 aliphatic carbocycles. The number of carbonyl (C=O) groups excluding carboxylic acids is 1. The lowest BCUT2D eigenvalue weighted by Gasteiger charge is -2.17. The summed E-state index contributed by atoms with van der Waals surface area (Å²) < 4.78 is 0. The van der Waals surface area contributed by atoms with Gasteiger partial charge in [-0.1, -0.05) is 39.0 Å². The van der Waals surface area contributed by atoms with Gasteiger partial charge in [0.1, 0.15) is 0 Å². The summed E-state index contributed by atoms with van der Waals surface area (Å²) in [5.41, 5.74) is 1.68. The second-order valence-corrected chi connectivity index (χ2v) is 5.54. The molecule has 2 nitrogen and oxygen atoms in total. The number of benzene rings is 1. The average Bonchev–Trinajstić information content (AvgIpc) is 2.26. The van der Waals surface area contributed by atoms with Crippen LogP contribution >= 0.6 is 0 Å². The lowest BCUT2D eigenvalue weighted by atomic mass is 9.87. The number of Topliss-reactive ketones (excluding diaryl/α,β-unsaturated/α-hetero) is 1. The van der Waals surface area contributed by atoms with Crippen LogP contribution in [0.25, 0.3) is 10.9 Å². The van der Waals surface area contributed by atoms with Gasteiger partial charge in [-0.15, -0.1) is 0 Å². The van der Waals surface area contributed by atoms with Gasteiger partial charge in [-0.05, 0) is 17.5 Å². The Balaban J connectivity index is 2.45. The highest BCUT2D eigenvalue weighted by Gasteiger charge is 2.18. The highest BCUT2D eigenvalue weighted by atomic mass is 16.1. The molecule has 1 aromatic heterocycles. The molecule has 2 heteroatoms. The Bertz CT molecular complexity index is 547. The molecule has 0 saturated carbocycles. The van der Waals surface area contributed by atoms with E-state index in [0.29, 0.717) is 6.42 Å². The zero-order valence-corrected chi connectivity index (χ0v) is 10.5. The average molecular weight is 227 g/mol. The SMILES string of the molecule is CC(C)(C)CC(=O)c1cccc2ncccc12. The van der Waals surface area contributed by atoms with Gasteiger partial charge in [-0.2, -0.15) is 0 Å². The van der Waals surface area contributed by atoms with Crippen molar-refractivity contribution in [3.63, 3.8) is 0 Å². The number of rotatable bonds is 2. The van der Waals surface area contributed by atoms with Gasteiger partial charge in [0.05, 0.1) is 5.52 Å². The number of aromatic nitrogens is 1. The predicted molar refractivity (Wildman–Crippen MR) is 70.1 cm³/mol. The predicted octanol–water partition coefficient (Wildman–Crippen LogP) is 3.85. The Morgan fingerprint density at radius 3 is 2.65 bits per heavy atom. The molecule has 0 bridgehead atoms. The van der Waals surface area contributed by atoms with Crippen molar-refractivity contribution in [2.45, 2.75) is 27.2 Å². The van der Waals surface area contributed by atoms with E-state index in [1.165, 1.54) is 0 Å². The van der Waals surface area contributed by atoms with Gasteiger partial charge in [0.15, 0.2) is 5.78 Å². The van der Waals surface area contributed by atoms with Gasteiger partial charge in [0, 0.05) is 23.6 Å². The van der Waals surface area contributed by atoms with Gasteiger partial charge in [-0.3, -0.25) is 9.78 Å². The zero-order valence-electron chi connectivity index (χ0n) is 10.5. The smallest absolute Gasteiger partial charge is 0.164 e. The molecule has 0 aliphatic heterocycles. The summed E-state index contributed by atoms with van der Waals surface area (Å²) in [5.74, 6) is 0.191. The molecule has 0 saturated heterocycles. The molecule has 88 valence electrons. The third-order valence-corrected chi connectivity index (χ3v) is 2.64. The van der Waals surface area contributed by atoms with E-state index in [1.807, 2.05) is 30.3 Å². The number of hydrogen-bond donors (Lipinski definition) is 0. The van der Waals surface area contributed by atoms with E-state index in [4.69, 9.17) is 0 Å². The van der Waals surface area contributed by atoms with Crippen molar-refractivity contribution in [2.75, 3.05) is 0 Å². The lowest BCUT2D eigenvalue weighted by molar-refractivity contribution is 0.0941.